The van der Waals surface area contributed by atoms with Crippen molar-refractivity contribution in [1.82, 2.24) is 4.40 Å². The van der Waals surface area contributed by atoms with Gasteiger partial charge < -0.3 is 4.74 Å². The first kappa shape index (κ1) is 13.0. The van der Waals surface area contributed by atoms with Crippen molar-refractivity contribution in [2.75, 3.05) is 6.61 Å². The molecule has 0 saturated heterocycles. The molecule has 0 atom stereocenters. The fourth-order valence-corrected chi connectivity index (χ4v) is 2.01. The summed E-state index contributed by atoms with van der Waals surface area (Å²) in [5.41, 5.74) is 0.975. The molecule has 0 aliphatic heterocycles. The molecule has 2 aromatic heterocycles. The van der Waals surface area contributed by atoms with Gasteiger partial charge >= 0.3 is 5.97 Å². The minimum atomic E-state index is -0.716. The molecule has 0 spiro atoms. The molecule has 0 aliphatic carbocycles. The molecule has 2 heterocycles. The Bertz CT molecular complexity index is 715. The van der Waals surface area contributed by atoms with Crippen molar-refractivity contribution in [1.29, 1.82) is 0 Å². The van der Waals surface area contributed by atoms with Crippen molar-refractivity contribution < 1.29 is 14.3 Å². The summed E-state index contributed by atoms with van der Waals surface area (Å²) in [7, 11) is 0. The number of pyridine rings is 2. The highest BCUT2D eigenvalue weighted by molar-refractivity contribution is 5.95. The number of rotatable bonds is 3. The van der Waals surface area contributed by atoms with Crippen LogP contribution in [0.15, 0.2) is 29.2 Å². The molecule has 0 fully saturated rings. The summed E-state index contributed by atoms with van der Waals surface area (Å²) in [6, 6.07) is 4.77. The van der Waals surface area contributed by atoms with Crippen LogP contribution in [0.4, 0.5) is 0 Å². The molecule has 5 nitrogen and oxygen atoms in total. The minimum absolute atomic E-state index is 0.132. The van der Waals surface area contributed by atoms with Gasteiger partial charge in [0.1, 0.15) is 5.56 Å². The molecule has 0 bridgehead atoms. The van der Waals surface area contributed by atoms with Gasteiger partial charge in [-0.3, -0.25) is 14.0 Å². The van der Waals surface area contributed by atoms with Crippen molar-refractivity contribution in [3.63, 3.8) is 0 Å². The van der Waals surface area contributed by atoms with Gasteiger partial charge in [0.15, 0.2) is 6.29 Å². The van der Waals surface area contributed by atoms with E-state index in [1.165, 1.54) is 16.7 Å². The van der Waals surface area contributed by atoms with E-state index in [9.17, 15) is 14.4 Å². The fourth-order valence-electron chi connectivity index (χ4n) is 2.01. The third-order valence-electron chi connectivity index (χ3n) is 2.84. The van der Waals surface area contributed by atoms with Gasteiger partial charge in [0.05, 0.1) is 12.1 Å². The summed E-state index contributed by atoms with van der Waals surface area (Å²) >= 11 is 0. The van der Waals surface area contributed by atoms with Crippen LogP contribution in [0.25, 0.3) is 5.52 Å². The van der Waals surface area contributed by atoms with Crippen molar-refractivity contribution in [2.45, 2.75) is 13.8 Å². The maximum atomic E-state index is 12.2. The molecule has 0 N–H and O–H groups in total. The van der Waals surface area contributed by atoms with Gasteiger partial charge in [0, 0.05) is 11.8 Å². The van der Waals surface area contributed by atoms with E-state index >= 15 is 0 Å². The Labute approximate surface area is 109 Å². The SMILES string of the molecule is CCOC(=O)c1cc(C=O)c2c(C)cccn2c1=O. The van der Waals surface area contributed by atoms with Crippen molar-refractivity contribution in [2.24, 2.45) is 0 Å². The normalized spacial score (nSPS) is 10.4. The molecule has 0 radical (unpaired) electrons. The van der Waals surface area contributed by atoms with Gasteiger partial charge in [0.2, 0.25) is 0 Å². The Morgan fingerprint density at radius 3 is 2.84 bits per heavy atom. The fraction of sp³-hybridized carbons (Fsp3) is 0.214. The van der Waals surface area contributed by atoms with E-state index in [1.54, 1.807) is 26.0 Å². The molecule has 5 heteroatoms. The zero-order valence-corrected chi connectivity index (χ0v) is 10.7. The number of aldehydes is 1. The molecule has 0 saturated carbocycles. The van der Waals surface area contributed by atoms with E-state index in [0.717, 1.165) is 5.56 Å². The molecule has 2 rings (SSSR count). The summed E-state index contributed by atoms with van der Waals surface area (Å²) in [6.07, 6.45) is 2.16. The average Bonchev–Trinajstić information content (AvgIpc) is 2.40. The third kappa shape index (κ3) is 2.14. The van der Waals surface area contributed by atoms with Crippen LogP contribution >= 0.6 is 0 Å². The van der Waals surface area contributed by atoms with E-state index in [2.05, 4.69) is 0 Å². The Hall–Kier alpha value is -2.43. The first-order valence-electron chi connectivity index (χ1n) is 5.87. The lowest BCUT2D eigenvalue weighted by molar-refractivity contribution is 0.0524. The second kappa shape index (κ2) is 5.06. The Kier molecular flexibility index (Phi) is 3.46. The number of ether oxygens (including phenoxy) is 1. The molecular weight excluding hydrogens is 246 g/mol. The maximum Gasteiger partial charge on any atom is 0.343 e. The van der Waals surface area contributed by atoms with E-state index in [1.807, 2.05) is 0 Å². The largest absolute Gasteiger partial charge is 0.462 e. The summed E-state index contributed by atoms with van der Waals surface area (Å²) in [5, 5.41) is 0. The quantitative estimate of drug-likeness (QED) is 0.620. The minimum Gasteiger partial charge on any atom is -0.462 e. The van der Waals surface area contributed by atoms with Crippen molar-refractivity contribution in [3.05, 3.63) is 51.4 Å². The third-order valence-corrected chi connectivity index (χ3v) is 2.84. The summed E-state index contributed by atoms with van der Waals surface area (Å²) in [4.78, 5) is 35.1. The number of carbonyl (C=O) groups excluding carboxylic acids is 2. The van der Waals surface area contributed by atoms with E-state index in [-0.39, 0.29) is 12.2 Å². The average molecular weight is 259 g/mol. The van der Waals surface area contributed by atoms with Crippen molar-refractivity contribution in [3.8, 4) is 0 Å². The summed E-state index contributed by atoms with van der Waals surface area (Å²) < 4.78 is 6.12. The standard InChI is InChI=1S/C14H13NO4/c1-3-19-14(18)11-7-10(8-16)12-9(2)5-4-6-15(12)13(11)17/h4-8H,3H2,1-2H3. The number of hydrogen-bond donors (Lipinski definition) is 0. The molecule has 2 aromatic rings. The first-order chi connectivity index (χ1) is 9.10. The molecule has 0 unspecified atom stereocenters. The number of esters is 1. The van der Waals surface area contributed by atoms with Gasteiger partial charge in [-0.1, -0.05) is 6.07 Å². The highest BCUT2D eigenvalue weighted by Crippen LogP contribution is 2.14. The van der Waals surface area contributed by atoms with Crippen molar-refractivity contribution >= 4 is 17.8 Å². The van der Waals surface area contributed by atoms with Crippen LogP contribution in [-0.2, 0) is 4.74 Å². The summed E-state index contributed by atoms with van der Waals surface area (Å²) in [5.74, 6) is -0.716. The predicted molar refractivity (Wildman–Crippen MR) is 69.7 cm³/mol. The van der Waals surface area contributed by atoms with E-state index < -0.39 is 11.5 Å². The zero-order valence-electron chi connectivity index (χ0n) is 10.7. The highest BCUT2D eigenvalue weighted by atomic mass is 16.5. The van der Waals surface area contributed by atoms with Gasteiger partial charge in [0.25, 0.3) is 5.56 Å². The van der Waals surface area contributed by atoms with Crippen LogP contribution < -0.4 is 5.56 Å². The number of fused-ring (bicyclic) bond motifs is 1. The number of aryl methyl sites for hydroxylation is 1. The van der Waals surface area contributed by atoms with Crippen LogP contribution in [0.1, 0.15) is 33.2 Å². The van der Waals surface area contributed by atoms with Gasteiger partial charge in [-0.05, 0) is 31.5 Å². The number of nitrogens with zero attached hydrogens (tertiary/aromatic N) is 1. The van der Waals surface area contributed by atoms with Crippen LogP contribution in [0, 0.1) is 6.92 Å². The number of aromatic nitrogens is 1. The summed E-state index contributed by atoms with van der Waals surface area (Å²) in [6.45, 7) is 3.62. The molecule has 0 aliphatic rings. The molecule has 19 heavy (non-hydrogen) atoms. The maximum absolute atomic E-state index is 12.2. The smallest absolute Gasteiger partial charge is 0.343 e. The Morgan fingerprint density at radius 2 is 2.21 bits per heavy atom. The van der Waals surface area contributed by atoms with Gasteiger partial charge in [-0.25, -0.2) is 4.79 Å². The lowest BCUT2D eigenvalue weighted by Gasteiger charge is -2.09. The monoisotopic (exact) mass is 259 g/mol. The van der Waals surface area contributed by atoms with Crippen LogP contribution in [-0.4, -0.2) is 23.3 Å². The zero-order chi connectivity index (χ0) is 14.0. The second-order valence-electron chi connectivity index (χ2n) is 4.07. The van der Waals surface area contributed by atoms with E-state index in [4.69, 9.17) is 4.74 Å². The molecule has 98 valence electrons. The lowest BCUT2D eigenvalue weighted by atomic mass is 10.1. The second-order valence-corrected chi connectivity index (χ2v) is 4.07. The first-order valence-corrected chi connectivity index (χ1v) is 5.87. The number of carbonyl (C=O) groups is 2. The lowest BCUT2D eigenvalue weighted by Crippen LogP contribution is -2.24. The Balaban J connectivity index is 2.84. The highest BCUT2D eigenvalue weighted by Gasteiger charge is 2.17. The van der Waals surface area contributed by atoms with E-state index in [0.29, 0.717) is 17.4 Å². The predicted octanol–water partition coefficient (Wildman–Crippen LogP) is 1.60. The topological polar surface area (TPSA) is 64.8 Å². The van der Waals surface area contributed by atoms with Crippen LogP contribution in [0.5, 0.6) is 0 Å². The van der Waals surface area contributed by atoms with Gasteiger partial charge in [-0.2, -0.15) is 0 Å². The Morgan fingerprint density at radius 1 is 1.47 bits per heavy atom. The number of hydrogen-bond acceptors (Lipinski definition) is 4. The van der Waals surface area contributed by atoms with Gasteiger partial charge in [-0.15, -0.1) is 0 Å². The molecule has 0 aromatic carbocycles. The van der Waals surface area contributed by atoms with Crippen LogP contribution in [0.2, 0.25) is 0 Å². The molecule has 0 amide bonds. The molecular formula is C14H13NO4. The van der Waals surface area contributed by atoms with Crippen LogP contribution in [0.3, 0.4) is 0 Å².